The number of likely N-dealkylation sites (tertiary alicyclic amines) is 1. The van der Waals surface area contributed by atoms with Crippen molar-refractivity contribution in [3.63, 3.8) is 0 Å². The predicted octanol–water partition coefficient (Wildman–Crippen LogP) is 2.03. The van der Waals surface area contributed by atoms with Gasteiger partial charge in [0.05, 0.1) is 18.8 Å². The highest BCUT2D eigenvalue weighted by Crippen LogP contribution is 2.28. The number of benzene rings is 2. The summed E-state index contributed by atoms with van der Waals surface area (Å²) in [5.74, 6) is 0. The van der Waals surface area contributed by atoms with Crippen LogP contribution < -0.4 is 21.6 Å². The number of rotatable bonds is 4. The van der Waals surface area contributed by atoms with Crippen molar-refractivity contribution in [3.8, 4) is 0 Å². The van der Waals surface area contributed by atoms with Crippen molar-refractivity contribution in [2.75, 3.05) is 24.1 Å². The molecule has 2 heterocycles. The number of piperidine rings is 1. The summed E-state index contributed by atoms with van der Waals surface area (Å²) in [7, 11) is 0. The molecule has 0 unspecified atom stereocenters. The summed E-state index contributed by atoms with van der Waals surface area (Å²) in [5.41, 5.74) is 8.38. The Morgan fingerprint density at radius 3 is 2.50 bits per heavy atom. The Morgan fingerprint density at radius 2 is 1.73 bits per heavy atom. The third kappa shape index (κ3) is 3.44. The van der Waals surface area contributed by atoms with Gasteiger partial charge in [-0.25, -0.2) is 4.79 Å². The fourth-order valence-corrected chi connectivity index (χ4v) is 3.76. The number of nitrogens with one attached hydrogen (secondary N) is 2. The van der Waals surface area contributed by atoms with Gasteiger partial charge in [-0.05, 0) is 12.1 Å². The van der Waals surface area contributed by atoms with Gasteiger partial charge in [0.1, 0.15) is 17.8 Å². The van der Waals surface area contributed by atoms with Crippen molar-refractivity contribution in [3.05, 3.63) is 70.6 Å². The minimum absolute atomic E-state index is 0.169. The van der Waals surface area contributed by atoms with Crippen LogP contribution in [0.5, 0.6) is 0 Å². The third-order valence-electron chi connectivity index (χ3n) is 5.19. The van der Waals surface area contributed by atoms with Crippen LogP contribution in [0.1, 0.15) is 18.4 Å². The van der Waals surface area contributed by atoms with Crippen molar-refractivity contribution >= 4 is 22.3 Å². The SMILES string of the molecule is Nc1c(NC2CC[NH+](Cc3ccccc3)CC2)c2ccccc2oc1=O. The number of para-hydroxylation sites is 1. The highest BCUT2D eigenvalue weighted by Gasteiger charge is 2.24. The second kappa shape index (κ2) is 7.22. The van der Waals surface area contributed by atoms with Gasteiger partial charge in [0.2, 0.25) is 0 Å². The Morgan fingerprint density at radius 1 is 1.04 bits per heavy atom. The van der Waals surface area contributed by atoms with Gasteiger partial charge >= 0.3 is 5.63 Å². The third-order valence-corrected chi connectivity index (χ3v) is 5.19. The van der Waals surface area contributed by atoms with Crippen LogP contribution in [0.2, 0.25) is 0 Å². The van der Waals surface area contributed by atoms with Crippen molar-refractivity contribution in [2.24, 2.45) is 0 Å². The zero-order valence-electron chi connectivity index (χ0n) is 14.7. The number of fused-ring (bicyclic) bond motifs is 1. The van der Waals surface area contributed by atoms with E-state index in [-0.39, 0.29) is 5.69 Å². The van der Waals surface area contributed by atoms with Crippen molar-refractivity contribution in [1.29, 1.82) is 0 Å². The van der Waals surface area contributed by atoms with Crippen LogP contribution in [0.3, 0.4) is 0 Å². The van der Waals surface area contributed by atoms with Crippen LogP contribution >= 0.6 is 0 Å². The molecule has 0 aliphatic carbocycles. The average molecular weight is 350 g/mol. The average Bonchev–Trinajstić information content (AvgIpc) is 2.67. The maximum Gasteiger partial charge on any atom is 0.361 e. The van der Waals surface area contributed by atoms with E-state index in [0.717, 1.165) is 37.9 Å². The van der Waals surface area contributed by atoms with Crippen LogP contribution in [0.4, 0.5) is 11.4 Å². The largest absolute Gasteiger partial charge is 0.421 e. The van der Waals surface area contributed by atoms with Gasteiger partial charge in [-0.3, -0.25) is 0 Å². The van der Waals surface area contributed by atoms with E-state index in [1.54, 1.807) is 11.0 Å². The first-order chi connectivity index (χ1) is 12.7. The number of quaternary nitrogens is 1. The van der Waals surface area contributed by atoms with Crippen LogP contribution in [0, 0.1) is 0 Å². The van der Waals surface area contributed by atoms with Gasteiger partial charge in [0.25, 0.3) is 0 Å². The number of hydrogen-bond donors (Lipinski definition) is 3. The standard InChI is InChI=1S/C21H23N3O2/c22-19-20(17-8-4-5-9-18(17)26-21(19)25)23-16-10-12-24(13-11-16)14-15-6-2-1-3-7-15/h1-9,16,23H,10-14,22H2/p+1. The van der Waals surface area contributed by atoms with Gasteiger partial charge in [-0.1, -0.05) is 42.5 Å². The van der Waals surface area contributed by atoms with E-state index < -0.39 is 5.63 Å². The molecule has 0 amide bonds. The first-order valence-corrected chi connectivity index (χ1v) is 9.16. The van der Waals surface area contributed by atoms with Gasteiger partial charge in [-0.15, -0.1) is 0 Å². The molecule has 4 rings (SSSR count). The minimum Gasteiger partial charge on any atom is -0.421 e. The molecule has 1 aliphatic rings. The molecule has 0 radical (unpaired) electrons. The Labute approximate surface area is 152 Å². The molecule has 134 valence electrons. The Hall–Kier alpha value is -2.79. The highest BCUT2D eigenvalue weighted by molar-refractivity contribution is 5.95. The minimum atomic E-state index is -0.474. The molecular formula is C21H24N3O2+. The van der Waals surface area contributed by atoms with Gasteiger partial charge in [0.15, 0.2) is 0 Å². The van der Waals surface area contributed by atoms with Crippen molar-refractivity contribution in [2.45, 2.75) is 25.4 Å². The van der Waals surface area contributed by atoms with E-state index >= 15 is 0 Å². The zero-order chi connectivity index (χ0) is 17.9. The molecule has 0 bridgehead atoms. The molecule has 0 atom stereocenters. The number of hydrogen-bond acceptors (Lipinski definition) is 4. The fraction of sp³-hybridized carbons (Fsp3) is 0.286. The van der Waals surface area contributed by atoms with Crippen molar-refractivity contribution in [1.82, 2.24) is 0 Å². The summed E-state index contributed by atoms with van der Waals surface area (Å²) in [6, 6.07) is 18.5. The summed E-state index contributed by atoms with van der Waals surface area (Å²) >= 11 is 0. The summed E-state index contributed by atoms with van der Waals surface area (Å²) < 4.78 is 5.28. The van der Waals surface area contributed by atoms with E-state index in [0.29, 0.717) is 17.3 Å². The first kappa shape index (κ1) is 16.7. The zero-order valence-corrected chi connectivity index (χ0v) is 14.7. The summed E-state index contributed by atoms with van der Waals surface area (Å²) in [5, 5.41) is 4.38. The number of anilines is 2. The van der Waals surface area contributed by atoms with Crippen LogP contribution in [0.15, 0.2) is 63.8 Å². The second-order valence-electron chi connectivity index (χ2n) is 7.01. The summed E-state index contributed by atoms with van der Waals surface area (Å²) in [4.78, 5) is 13.6. The molecule has 1 fully saturated rings. The molecule has 3 aromatic rings. The molecule has 4 N–H and O–H groups in total. The van der Waals surface area contributed by atoms with E-state index in [9.17, 15) is 4.79 Å². The molecule has 1 aliphatic heterocycles. The lowest BCUT2D eigenvalue weighted by Gasteiger charge is -2.30. The molecule has 5 heteroatoms. The molecule has 5 nitrogen and oxygen atoms in total. The van der Waals surface area contributed by atoms with E-state index in [1.807, 2.05) is 18.2 Å². The van der Waals surface area contributed by atoms with E-state index in [4.69, 9.17) is 10.2 Å². The molecule has 0 saturated carbocycles. The molecule has 26 heavy (non-hydrogen) atoms. The predicted molar refractivity (Wildman–Crippen MR) is 104 cm³/mol. The normalized spacial score (nSPS) is 20.2. The lowest BCUT2D eigenvalue weighted by atomic mass is 10.0. The number of nitrogen functional groups attached to an aromatic ring is 1. The summed E-state index contributed by atoms with van der Waals surface area (Å²) in [6.45, 7) is 3.27. The number of nitrogens with two attached hydrogens (primary N) is 1. The van der Waals surface area contributed by atoms with Crippen LogP contribution in [-0.4, -0.2) is 19.1 Å². The van der Waals surface area contributed by atoms with Crippen LogP contribution in [-0.2, 0) is 6.54 Å². The molecule has 2 aromatic carbocycles. The highest BCUT2D eigenvalue weighted by atomic mass is 16.4. The topological polar surface area (TPSA) is 72.7 Å². The first-order valence-electron chi connectivity index (χ1n) is 9.16. The molecule has 1 saturated heterocycles. The molecule has 0 spiro atoms. The molecule has 1 aromatic heterocycles. The quantitative estimate of drug-likeness (QED) is 0.630. The second-order valence-corrected chi connectivity index (χ2v) is 7.01. The van der Waals surface area contributed by atoms with Crippen molar-refractivity contribution < 1.29 is 9.32 Å². The Kier molecular flexibility index (Phi) is 4.63. The van der Waals surface area contributed by atoms with Gasteiger partial charge in [-0.2, -0.15) is 0 Å². The monoisotopic (exact) mass is 350 g/mol. The Balaban J connectivity index is 1.46. The molecular weight excluding hydrogens is 326 g/mol. The fourth-order valence-electron chi connectivity index (χ4n) is 3.76. The van der Waals surface area contributed by atoms with E-state index in [2.05, 4.69) is 35.6 Å². The van der Waals surface area contributed by atoms with Gasteiger partial charge in [0, 0.05) is 29.8 Å². The van der Waals surface area contributed by atoms with Gasteiger partial charge < -0.3 is 20.4 Å². The lowest BCUT2D eigenvalue weighted by molar-refractivity contribution is -0.918. The maximum absolute atomic E-state index is 12.0. The summed E-state index contributed by atoms with van der Waals surface area (Å²) in [6.07, 6.45) is 2.10. The Bertz CT molecular complexity index is 944. The smallest absolute Gasteiger partial charge is 0.361 e. The maximum atomic E-state index is 12.0. The van der Waals surface area contributed by atoms with E-state index in [1.165, 1.54) is 5.56 Å². The lowest BCUT2D eigenvalue weighted by Crippen LogP contribution is -3.12. The van der Waals surface area contributed by atoms with Crippen LogP contribution in [0.25, 0.3) is 11.0 Å².